The molecule has 2 aromatic carbocycles. The zero-order valence-electron chi connectivity index (χ0n) is 17.9. The van der Waals surface area contributed by atoms with Crippen LogP contribution in [0.3, 0.4) is 0 Å². The summed E-state index contributed by atoms with van der Waals surface area (Å²) >= 11 is 1.36. The van der Waals surface area contributed by atoms with Gasteiger partial charge in [-0.25, -0.2) is 0 Å². The smallest absolute Gasteiger partial charge is 0.234 e. The molecule has 3 aromatic rings. The number of nitrogens with one attached hydrogen (secondary N) is 1. The van der Waals surface area contributed by atoms with E-state index in [0.29, 0.717) is 17.7 Å². The maximum atomic E-state index is 12.3. The van der Waals surface area contributed by atoms with Gasteiger partial charge in [0.05, 0.1) is 12.4 Å². The van der Waals surface area contributed by atoms with Gasteiger partial charge in [0.15, 0.2) is 11.0 Å². The molecular formula is C23H28N4O2S. The lowest BCUT2D eigenvalue weighted by Gasteiger charge is -2.09. The number of aryl methyl sites for hydroxylation is 1. The summed E-state index contributed by atoms with van der Waals surface area (Å²) in [5.41, 5.74) is 3.00. The monoisotopic (exact) mass is 424 g/mol. The molecule has 1 aromatic heterocycles. The Hall–Kier alpha value is -2.80. The first-order valence-corrected chi connectivity index (χ1v) is 11.1. The molecule has 0 spiro atoms. The minimum atomic E-state index is -0.0690. The van der Waals surface area contributed by atoms with Crippen LogP contribution < -0.4 is 10.1 Å². The van der Waals surface area contributed by atoms with E-state index in [-0.39, 0.29) is 11.7 Å². The van der Waals surface area contributed by atoms with Crippen LogP contribution >= 0.6 is 11.8 Å². The van der Waals surface area contributed by atoms with Crippen molar-refractivity contribution in [1.82, 2.24) is 14.8 Å². The number of hydrogen-bond acceptors (Lipinski definition) is 5. The van der Waals surface area contributed by atoms with Gasteiger partial charge >= 0.3 is 0 Å². The normalized spacial score (nSPS) is 11.0. The molecule has 0 unspecified atom stereocenters. The third-order valence-corrected chi connectivity index (χ3v) is 5.53. The van der Waals surface area contributed by atoms with Gasteiger partial charge in [-0.2, -0.15) is 0 Å². The zero-order chi connectivity index (χ0) is 21.5. The van der Waals surface area contributed by atoms with Gasteiger partial charge in [-0.15, -0.1) is 10.2 Å². The highest BCUT2D eigenvalue weighted by atomic mass is 32.2. The van der Waals surface area contributed by atoms with Gasteiger partial charge in [0, 0.05) is 18.3 Å². The molecular weight excluding hydrogens is 396 g/mol. The van der Waals surface area contributed by atoms with E-state index < -0.39 is 0 Å². The number of aromatic nitrogens is 3. The Kier molecular flexibility index (Phi) is 7.52. The number of rotatable bonds is 9. The van der Waals surface area contributed by atoms with Crippen LogP contribution in [0.1, 0.15) is 26.3 Å². The molecule has 30 heavy (non-hydrogen) atoms. The Bertz CT molecular complexity index is 966. The van der Waals surface area contributed by atoms with E-state index in [2.05, 4.69) is 36.3 Å². The molecule has 0 bridgehead atoms. The van der Waals surface area contributed by atoms with Crippen LogP contribution in [0.25, 0.3) is 11.4 Å². The third kappa shape index (κ3) is 5.86. The maximum absolute atomic E-state index is 12.3. The topological polar surface area (TPSA) is 69.0 Å². The molecule has 1 amide bonds. The van der Waals surface area contributed by atoms with Crippen molar-refractivity contribution in [3.8, 4) is 17.1 Å². The Morgan fingerprint density at radius 2 is 1.80 bits per heavy atom. The Labute approximate surface area is 182 Å². The predicted octanol–water partition coefficient (Wildman–Crippen LogP) is 4.81. The summed E-state index contributed by atoms with van der Waals surface area (Å²) in [6.45, 7) is 7.04. The second-order valence-corrected chi connectivity index (χ2v) is 8.42. The fraction of sp³-hybridized carbons (Fsp3) is 0.348. The molecule has 158 valence electrons. The van der Waals surface area contributed by atoms with Gasteiger partial charge in [0.1, 0.15) is 5.75 Å². The van der Waals surface area contributed by atoms with E-state index in [0.717, 1.165) is 29.2 Å². The molecule has 0 aliphatic heterocycles. The van der Waals surface area contributed by atoms with E-state index in [4.69, 9.17) is 4.74 Å². The van der Waals surface area contributed by atoms with Crippen molar-refractivity contribution >= 4 is 23.4 Å². The van der Waals surface area contributed by atoms with Gasteiger partial charge in [-0.05, 0) is 54.3 Å². The van der Waals surface area contributed by atoms with Gasteiger partial charge in [0.2, 0.25) is 5.91 Å². The van der Waals surface area contributed by atoms with Crippen molar-refractivity contribution in [2.75, 3.05) is 17.7 Å². The average Bonchev–Trinajstić information content (AvgIpc) is 3.12. The summed E-state index contributed by atoms with van der Waals surface area (Å²) in [7, 11) is 1.90. The molecule has 0 saturated carbocycles. The number of thioether (sulfide) groups is 1. The van der Waals surface area contributed by atoms with E-state index in [1.165, 1.54) is 17.3 Å². The quantitative estimate of drug-likeness (QED) is 0.499. The number of benzene rings is 2. The highest BCUT2D eigenvalue weighted by molar-refractivity contribution is 7.99. The van der Waals surface area contributed by atoms with E-state index >= 15 is 0 Å². The number of ether oxygens (including phenoxy) is 1. The predicted molar refractivity (Wildman–Crippen MR) is 122 cm³/mol. The van der Waals surface area contributed by atoms with Crippen LogP contribution in [0, 0.1) is 5.92 Å². The van der Waals surface area contributed by atoms with E-state index in [9.17, 15) is 4.79 Å². The number of hydrogen-bond donors (Lipinski definition) is 1. The summed E-state index contributed by atoms with van der Waals surface area (Å²) in [5.74, 6) is 2.27. The summed E-state index contributed by atoms with van der Waals surface area (Å²) in [4.78, 5) is 12.3. The largest absolute Gasteiger partial charge is 0.493 e. The maximum Gasteiger partial charge on any atom is 0.234 e. The first-order valence-electron chi connectivity index (χ1n) is 10.1. The van der Waals surface area contributed by atoms with Crippen molar-refractivity contribution in [2.24, 2.45) is 13.0 Å². The molecule has 0 atom stereocenters. The highest BCUT2D eigenvalue weighted by Gasteiger charge is 2.13. The molecule has 6 nitrogen and oxygen atoms in total. The summed E-state index contributed by atoms with van der Waals surface area (Å²) in [6, 6.07) is 15.7. The lowest BCUT2D eigenvalue weighted by Crippen LogP contribution is -2.14. The fourth-order valence-corrected chi connectivity index (χ4v) is 3.52. The van der Waals surface area contributed by atoms with Crippen LogP contribution in [0.15, 0.2) is 53.7 Å². The van der Waals surface area contributed by atoms with Crippen LogP contribution in [0.2, 0.25) is 0 Å². The van der Waals surface area contributed by atoms with Crippen molar-refractivity contribution in [3.05, 3.63) is 54.1 Å². The van der Waals surface area contributed by atoms with Crippen LogP contribution in [0.4, 0.5) is 5.69 Å². The minimum Gasteiger partial charge on any atom is -0.493 e. The Balaban J connectivity index is 1.57. The lowest BCUT2D eigenvalue weighted by atomic mass is 10.1. The second kappa shape index (κ2) is 10.3. The summed E-state index contributed by atoms with van der Waals surface area (Å²) in [6.07, 6.45) is 0.978. The highest BCUT2D eigenvalue weighted by Crippen LogP contribution is 2.25. The molecule has 7 heteroatoms. The summed E-state index contributed by atoms with van der Waals surface area (Å²) in [5, 5.41) is 12.1. The third-order valence-electron chi connectivity index (χ3n) is 4.51. The van der Waals surface area contributed by atoms with Crippen LogP contribution in [0.5, 0.6) is 5.75 Å². The van der Waals surface area contributed by atoms with Crippen molar-refractivity contribution < 1.29 is 9.53 Å². The van der Waals surface area contributed by atoms with Gasteiger partial charge in [0.25, 0.3) is 0 Å². The second-order valence-electron chi connectivity index (χ2n) is 7.48. The lowest BCUT2D eigenvalue weighted by molar-refractivity contribution is -0.113. The van der Waals surface area contributed by atoms with Crippen LogP contribution in [-0.4, -0.2) is 33.0 Å². The molecule has 0 aliphatic rings. The average molecular weight is 425 g/mol. The molecule has 3 rings (SSSR count). The van der Waals surface area contributed by atoms with Crippen LogP contribution in [-0.2, 0) is 18.3 Å². The minimum absolute atomic E-state index is 0.0690. The number of carbonyl (C=O) groups excluding carboxylic acids is 1. The zero-order valence-corrected chi connectivity index (χ0v) is 18.7. The van der Waals surface area contributed by atoms with E-state index in [1.807, 2.05) is 60.1 Å². The molecule has 0 saturated heterocycles. The number of anilines is 1. The first-order chi connectivity index (χ1) is 14.5. The molecule has 0 aliphatic carbocycles. The Morgan fingerprint density at radius 3 is 2.43 bits per heavy atom. The fourth-order valence-electron chi connectivity index (χ4n) is 2.81. The number of amides is 1. The number of nitrogens with zero attached hydrogens (tertiary/aromatic N) is 3. The first kappa shape index (κ1) is 21.9. The summed E-state index contributed by atoms with van der Waals surface area (Å²) < 4.78 is 7.63. The molecule has 1 N–H and O–H groups in total. The van der Waals surface area contributed by atoms with Gasteiger partial charge in [-0.1, -0.05) is 44.7 Å². The molecule has 0 fully saturated rings. The molecule has 0 radical (unpaired) electrons. The van der Waals surface area contributed by atoms with Crippen molar-refractivity contribution in [2.45, 2.75) is 32.3 Å². The number of carbonyl (C=O) groups is 1. The standard InChI is InChI=1S/C23H28N4O2S/c1-5-17-6-10-19(11-7-17)24-21(28)15-30-23-26-25-22(27(23)4)18-8-12-20(13-9-18)29-14-16(2)3/h6-13,16H,5,14-15H2,1-4H3,(H,24,28). The van der Waals surface area contributed by atoms with Gasteiger partial charge in [-0.3, -0.25) is 4.79 Å². The van der Waals surface area contributed by atoms with E-state index in [1.54, 1.807) is 0 Å². The SMILES string of the molecule is CCc1ccc(NC(=O)CSc2nnc(-c3ccc(OCC(C)C)cc3)n2C)cc1. The van der Waals surface area contributed by atoms with Crippen molar-refractivity contribution in [1.29, 1.82) is 0 Å². The Morgan fingerprint density at radius 1 is 1.10 bits per heavy atom. The molecule has 1 heterocycles. The van der Waals surface area contributed by atoms with Crippen molar-refractivity contribution in [3.63, 3.8) is 0 Å². The van der Waals surface area contributed by atoms with Gasteiger partial charge < -0.3 is 14.6 Å².